The van der Waals surface area contributed by atoms with Gasteiger partial charge in [0.1, 0.15) is 24.6 Å². The van der Waals surface area contributed by atoms with Crippen LogP contribution in [0.1, 0.15) is 33.9 Å². The number of nitrogen functional groups attached to an aromatic ring is 1. The van der Waals surface area contributed by atoms with E-state index in [0.717, 1.165) is 6.20 Å². The number of nitrogens with zero attached hydrogens (tertiary/aromatic N) is 3. The Labute approximate surface area is 229 Å². The van der Waals surface area contributed by atoms with Crippen LogP contribution in [0.25, 0.3) is 0 Å². The van der Waals surface area contributed by atoms with Gasteiger partial charge in [0.25, 0.3) is 6.43 Å². The van der Waals surface area contributed by atoms with Crippen molar-refractivity contribution >= 4 is 20.0 Å². The van der Waals surface area contributed by atoms with E-state index in [1.807, 2.05) is 20.8 Å². The van der Waals surface area contributed by atoms with Gasteiger partial charge >= 0.3 is 19.8 Å². The van der Waals surface area contributed by atoms with Crippen LogP contribution in [-0.4, -0.2) is 69.2 Å². The van der Waals surface area contributed by atoms with Gasteiger partial charge in [-0.1, -0.05) is 37.6 Å². The Morgan fingerprint density at radius 2 is 1.95 bits per heavy atom. The molecule has 0 radical (unpaired) electrons. The minimum Gasteiger partial charge on any atom is -0.575 e. The van der Waals surface area contributed by atoms with Crippen molar-refractivity contribution in [3.63, 3.8) is 0 Å². The highest BCUT2D eigenvalue weighted by molar-refractivity contribution is 7.34. The number of ether oxygens (including phenoxy) is 3. The molecule has 2 heterocycles. The molecule has 220 valence electrons. The van der Waals surface area contributed by atoms with E-state index in [9.17, 15) is 33.5 Å². The Balaban J connectivity index is 1.76. The zero-order chi connectivity index (χ0) is 29.8. The number of rotatable bonds is 10. The van der Waals surface area contributed by atoms with Crippen LogP contribution in [0, 0.1) is 5.41 Å². The second kappa shape index (κ2) is 12.5. The lowest BCUT2D eigenvalue weighted by Crippen LogP contribution is -2.53. The summed E-state index contributed by atoms with van der Waals surface area (Å²) in [5.74, 6) is -1.20. The zero-order valence-corrected chi connectivity index (χ0v) is 23.0. The highest BCUT2D eigenvalue weighted by Gasteiger charge is 2.61. The number of para-hydroxylation sites is 2. The minimum atomic E-state index is -3.39. The quantitative estimate of drug-likeness (QED) is 0.268. The number of carbonyl (C=O) groups is 1. The Hall–Kier alpha value is -3.23. The first kappa shape index (κ1) is 31.3. The number of anilines is 1. The van der Waals surface area contributed by atoms with Crippen molar-refractivity contribution in [1.82, 2.24) is 9.55 Å². The van der Waals surface area contributed by atoms with E-state index in [-0.39, 0.29) is 29.3 Å². The summed E-state index contributed by atoms with van der Waals surface area (Å²) < 4.78 is 54.4. The predicted octanol–water partition coefficient (Wildman–Crippen LogP) is 1.37. The van der Waals surface area contributed by atoms with Crippen molar-refractivity contribution < 1.29 is 47.4 Å². The first-order chi connectivity index (χ1) is 18.6. The van der Waals surface area contributed by atoms with Crippen LogP contribution in [0.15, 0.2) is 46.1 Å². The van der Waals surface area contributed by atoms with Crippen LogP contribution >= 0.6 is 8.17 Å². The number of aromatic nitrogens is 2. The number of aliphatic hydroxyl groups is 2. The van der Waals surface area contributed by atoms with Crippen LogP contribution in [0.4, 0.5) is 14.6 Å². The van der Waals surface area contributed by atoms with Gasteiger partial charge in [-0.15, -0.1) is 0 Å². The fraction of sp³-hybridized carbons (Fsp3) is 0.542. The molecule has 40 heavy (non-hydrogen) atoms. The molecule has 2 aromatic rings. The van der Waals surface area contributed by atoms with Crippen molar-refractivity contribution in [1.29, 1.82) is 0 Å². The SMILES string of the molecule is C[C@H](N=[P+]([O-])Oc1ccccc1OC[C@@]1(C(F)F)O[C@@H](n2ccc(N)nc2=O)[C@H](O)[C@@H]1O)C(=O)OCC(C)(C)C. The van der Waals surface area contributed by atoms with E-state index >= 15 is 0 Å². The number of alkyl halides is 2. The Kier molecular flexibility index (Phi) is 9.80. The monoisotopic (exact) mass is 588 g/mol. The van der Waals surface area contributed by atoms with Crippen LogP contribution in [0.3, 0.4) is 0 Å². The molecule has 1 aliphatic rings. The number of carbonyl (C=O) groups excluding carboxylic acids is 1. The van der Waals surface area contributed by atoms with E-state index in [4.69, 9.17) is 24.5 Å². The molecule has 13 nitrogen and oxygen atoms in total. The van der Waals surface area contributed by atoms with E-state index in [2.05, 4.69) is 9.73 Å². The molecule has 1 unspecified atom stereocenters. The fourth-order valence-corrected chi connectivity index (χ4v) is 4.30. The summed E-state index contributed by atoms with van der Waals surface area (Å²) in [4.78, 5) is 40.3. The zero-order valence-electron chi connectivity index (χ0n) is 22.1. The van der Waals surface area contributed by atoms with Crippen molar-refractivity contribution in [2.45, 2.75) is 64.2 Å². The third-order valence-electron chi connectivity index (χ3n) is 5.69. The maximum absolute atomic E-state index is 14.3. The van der Waals surface area contributed by atoms with Gasteiger partial charge in [0, 0.05) is 6.20 Å². The molecule has 6 atom stereocenters. The van der Waals surface area contributed by atoms with Crippen molar-refractivity contribution in [3.05, 3.63) is 47.0 Å². The van der Waals surface area contributed by atoms with Gasteiger partial charge in [0.15, 0.2) is 23.6 Å². The fourth-order valence-electron chi connectivity index (χ4n) is 3.55. The first-order valence-electron chi connectivity index (χ1n) is 12.1. The number of halogens is 2. The van der Waals surface area contributed by atoms with E-state index in [1.54, 1.807) is 0 Å². The summed E-state index contributed by atoms with van der Waals surface area (Å²) in [7, 11) is -2.82. The van der Waals surface area contributed by atoms with Crippen LogP contribution in [-0.2, 0) is 14.3 Å². The lowest BCUT2D eigenvalue weighted by atomic mass is 9.96. The topological polar surface area (TPSA) is 191 Å². The summed E-state index contributed by atoms with van der Waals surface area (Å²) >= 11 is 0. The number of nitrogens with two attached hydrogens (primary N) is 1. The van der Waals surface area contributed by atoms with Crippen molar-refractivity contribution in [3.8, 4) is 11.5 Å². The van der Waals surface area contributed by atoms with Gasteiger partial charge in [0.05, 0.1) is 6.61 Å². The second-order valence-electron chi connectivity index (χ2n) is 10.3. The second-order valence-corrected chi connectivity index (χ2v) is 11.2. The smallest absolute Gasteiger partial charge is 0.395 e. The van der Waals surface area contributed by atoms with Crippen LogP contribution < -0.4 is 25.6 Å². The molecule has 1 aromatic heterocycles. The molecule has 0 aliphatic carbocycles. The maximum atomic E-state index is 14.3. The molecule has 0 bridgehead atoms. The van der Waals surface area contributed by atoms with E-state index in [0.29, 0.717) is 4.57 Å². The Morgan fingerprint density at radius 3 is 2.55 bits per heavy atom. The third-order valence-corrected chi connectivity index (χ3v) is 6.57. The number of aliphatic hydroxyl groups excluding tert-OH is 2. The highest BCUT2D eigenvalue weighted by atomic mass is 31.1. The number of hydrogen-bond donors (Lipinski definition) is 3. The van der Waals surface area contributed by atoms with E-state index in [1.165, 1.54) is 37.3 Å². The van der Waals surface area contributed by atoms with Crippen LogP contribution in [0.5, 0.6) is 11.5 Å². The Morgan fingerprint density at radius 1 is 1.30 bits per heavy atom. The lowest BCUT2D eigenvalue weighted by Gasteiger charge is -2.30. The summed E-state index contributed by atoms with van der Waals surface area (Å²) in [5, 5.41) is 21.0. The molecular weight excluding hydrogens is 557 g/mol. The van der Waals surface area contributed by atoms with E-state index < -0.39 is 62.9 Å². The molecule has 3 rings (SSSR count). The van der Waals surface area contributed by atoms with Gasteiger partial charge in [-0.25, -0.2) is 18.4 Å². The molecule has 1 aromatic carbocycles. The molecular formula is C24H31F2N4O9P. The third kappa shape index (κ3) is 7.29. The first-order valence-corrected chi connectivity index (χ1v) is 13.2. The average molecular weight is 589 g/mol. The van der Waals surface area contributed by atoms with Gasteiger partial charge in [-0.3, -0.25) is 9.09 Å². The number of hydrogen-bond acceptors (Lipinski definition) is 12. The maximum Gasteiger partial charge on any atom is 0.395 e. The highest BCUT2D eigenvalue weighted by Crippen LogP contribution is 2.42. The van der Waals surface area contributed by atoms with Gasteiger partial charge in [-0.05, 0) is 30.5 Å². The summed E-state index contributed by atoms with van der Waals surface area (Å²) in [6.07, 6.45) is -8.19. The normalized spacial score (nSPS) is 24.1. The lowest BCUT2D eigenvalue weighted by molar-refractivity contribution is -0.192. The number of benzene rings is 1. The van der Waals surface area contributed by atoms with Gasteiger partial charge in [-0.2, -0.15) is 4.98 Å². The molecule has 0 amide bonds. The average Bonchev–Trinajstić information content (AvgIpc) is 3.12. The molecule has 0 spiro atoms. The standard InChI is InChI=1S/C24H31F2N4O9P/c1-13(20(33)37-11-23(2,3)4)29-40(35)39-15-8-6-5-7-14(15)36-12-24(21(25)26)18(32)17(31)19(38-24)30-10-9-16(27)28-22(30)34/h5-10,13,17-19,21,31-32H,11-12H2,1-4H3,(H2,27,28,34)/t13-,17+,18-,19+,24+/m0/s1. The number of esters is 1. The van der Waals surface area contributed by atoms with Gasteiger partial charge in [0.2, 0.25) is 5.75 Å². The molecule has 4 N–H and O–H groups in total. The van der Waals surface area contributed by atoms with Crippen molar-refractivity contribution in [2.75, 3.05) is 18.9 Å². The van der Waals surface area contributed by atoms with Crippen molar-refractivity contribution in [2.24, 2.45) is 10.2 Å². The Bertz CT molecular complexity index is 1290. The summed E-state index contributed by atoms with van der Waals surface area (Å²) in [6, 6.07) is 5.65. The molecule has 0 saturated carbocycles. The molecule has 1 saturated heterocycles. The molecule has 1 fully saturated rings. The largest absolute Gasteiger partial charge is 0.575 e. The minimum absolute atomic E-state index is 0.124. The van der Waals surface area contributed by atoms with Gasteiger partial charge < -0.3 is 35.1 Å². The molecule has 16 heteroatoms. The summed E-state index contributed by atoms with van der Waals surface area (Å²) in [5.41, 5.74) is 1.38. The summed E-state index contributed by atoms with van der Waals surface area (Å²) in [6.45, 7) is 6.09. The van der Waals surface area contributed by atoms with Crippen LogP contribution in [0.2, 0.25) is 0 Å². The predicted molar refractivity (Wildman–Crippen MR) is 136 cm³/mol. The molecule has 1 aliphatic heterocycles.